The number of nitrogens with zero attached hydrogens (tertiary/aromatic N) is 2. The molecule has 6 nitrogen and oxygen atoms in total. The number of anilines is 2. The number of carbonyl (C=O) groups is 2. The zero-order valence-electron chi connectivity index (χ0n) is 13.2. The number of amides is 2. The molecule has 2 rings (SSSR count). The van der Waals surface area contributed by atoms with E-state index in [1.54, 1.807) is 36.9 Å². The van der Waals surface area contributed by atoms with Gasteiger partial charge in [0.15, 0.2) is 0 Å². The number of aromatic nitrogens is 2. The Hall–Kier alpha value is -2.63. The predicted molar refractivity (Wildman–Crippen MR) is 86.0 cm³/mol. The van der Waals surface area contributed by atoms with Crippen molar-refractivity contribution in [3.63, 3.8) is 0 Å². The van der Waals surface area contributed by atoms with Gasteiger partial charge in [-0.15, -0.1) is 0 Å². The minimum absolute atomic E-state index is 0.167. The van der Waals surface area contributed by atoms with Crippen LogP contribution in [0.4, 0.5) is 11.5 Å². The van der Waals surface area contributed by atoms with Crippen molar-refractivity contribution in [3.05, 3.63) is 41.1 Å². The molecule has 0 aliphatic carbocycles. The van der Waals surface area contributed by atoms with E-state index in [1.807, 2.05) is 13.0 Å². The second-order valence-electron chi connectivity index (χ2n) is 5.11. The van der Waals surface area contributed by atoms with E-state index in [9.17, 15) is 9.59 Å². The topological polar surface area (TPSA) is 76.0 Å². The molecule has 0 spiro atoms. The van der Waals surface area contributed by atoms with E-state index in [4.69, 9.17) is 0 Å². The van der Waals surface area contributed by atoms with Gasteiger partial charge < -0.3 is 10.6 Å². The molecule has 2 N–H and O–H groups in total. The Kier molecular flexibility index (Phi) is 4.60. The highest BCUT2D eigenvalue weighted by molar-refractivity contribution is 6.06. The Labute approximate surface area is 129 Å². The summed E-state index contributed by atoms with van der Waals surface area (Å²) in [5, 5.41) is 9.87. The van der Waals surface area contributed by atoms with Crippen LogP contribution in [0.15, 0.2) is 24.3 Å². The van der Waals surface area contributed by atoms with Crippen molar-refractivity contribution in [2.75, 3.05) is 10.6 Å². The molecular weight excluding hydrogens is 280 g/mol. The molecule has 0 saturated carbocycles. The van der Waals surface area contributed by atoms with Crippen LogP contribution >= 0.6 is 0 Å². The van der Waals surface area contributed by atoms with Gasteiger partial charge >= 0.3 is 0 Å². The number of carbonyl (C=O) groups excluding carboxylic acids is 2. The lowest BCUT2D eigenvalue weighted by molar-refractivity contribution is -0.114. The lowest BCUT2D eigenvalue weighted by Crippen LogP contribution is -2.17. The van der Waals surface area contributed by atoms with Gasteiger partial charge in [0, 0.05) is 31.3 Å². The summed E-state index contributed by atoms with van der Waals surface area (Å²) in [4.78, 5) is 23.7. The fraction of sp³-hybridized carbons (Fsp3) is 0.312. The molecule has 116 valence electrons. The van der Waals surface area contributed by atoms with Crippen LogP contribution in [-0.4, -0.2) is 21.6 Å². The molecule has 0 radical (unpaired) electrons. The molecule has 1 aromatic carbocycles. The fourth-order valence-corrected chi connectivity index (χ4v) is 2.21. The summed E-state index contributed by atoms with van der Waals surface area (Å²) in [6.07, 6.45) is 0.806. The van der Waals surface area contributed by atoms with Crippen LogP contribution in [0, 0.1) is 6.92 Å². The highest BCUT2D eigenvalue weighted by Gasteiger charge is 2.14. The maximum absolute atomic E-state index is 12.5. The Morgan fingerprint density at radius 1 is 1.27 bits per heavy atom. The SMILES string of the molecule is CCc1cc(NC(=O)c2cccc(NC(C)=O)c2C)n(C)n1. The summed E-state index contributed by atoms with van der Waals surface area (Å²) >= 11 is 0. The maximum Gasteiger partial charge on any atom is 0.257 e. The average molecular weight is 300 g/mol. The summed E-state index contributed by atoms with van der Waals surface area (Å²) in [5.41, 5.74) is 2.81. The Bertz CT molecular complexity index is 719. The van der Waals surface area contributed by atoms with Crippen molar-refractivity contribution in [2.24, 2.45) is 7.05 Å². The Balaban J connectivity index is 2.25. The van der Waals surface area contributed by atoms with Crippen molar-refractivity contribution in [1.29, 1.82) is 0 Å². The maximum atomic E-state index is 12.5. The Morgan fingerprint density at radius 3 is 2.59 bits per heavy atom. The van der Waals surface area contributed by atoms with Crippen LogP contribution < -0.4 is 10.6 Å². The zero-order chi connectivity index (χ0) is 16.3. The third-order valence-electron chi connectivity index (χ3n) is 3.42. The van der Waals surface area contributed by atoms with Gasteiger partial charge in [0.25, 0.3) is 5.91 Å². The largest absolute Gasteiger partial charge is 0.326 e. The molecule has 22 heavy (non-hydrogen) atoms. The number of hydrogen-bond acceptors (Lipinski definition) is 3. The minimum Gasteiger partial charge on any atom is -0.326 e. The monoisotopic (exact) mass is 300 g/mol. The summed E-state index contributed by atoms with van der Waals surface area (Å²) in [6.45, 7) is 5.25. The van der Waals surface area contributed by atoms with Gasteiger partial charge in [-0.05, 0) is 31.0 Å². The van der Waals surface area contributed by atoms with E-state index in [2.05, 4.69) is 15.7 Å². The van der Waals surface area contributed by atoms with Crippen LogP contribution in [0.5, 0.6) is 0 Å². The second-order valence-corrected chi connectivity index (χ2v) is 5.11. The summed E-state index contributed by atoms with van der Waals surface area (Å²) in [5.74, 6) is 0.251. The smallest absolute Gasteiger partial charge is 0.257 e. The van der Waals surface area contributed by atoms with E-state index >= 15 is 0 Å². The van der Waals surface area contributed by atoms with Crippen LogP contribution in [-0.2, 0) is 18.3 Å². The second kappa shape index (κ2) is 6.43. The van der Waals surface area contributed by atoms with Gasteiger partial charge in [-0.2, -0.15) is 5.10 Å². The van der Waals surface area contributed by atoms with E-state index in [0.29, 0.717) is 17.1 Å². The van der Waals surface area contributed by atoms with Crippen molar-refractivity contribution in [1.82, 2.24) is 9.78 Å². The normalized spacial score (nSPS) is 10.4. The molecule has 6 heteroatoms. The minimum atomic E-state index is -0.227. The highest BCUT2D eigenvalue weighted by Crippen LogP contribution is 2.20. The molecule has 0 unspecified atom stereocenters. The first kappa shape index (κ1) is 15.8. The molecule has 0 bridgehead atoms. The van der Waals surface area contributed by atoms with Crippen molar-refractivity contribution < 1.29 is 9.59 Å². The third-order valence-corrected chi connectivity index (χ3v) is 3.42. The third kappa shape index (κ3) is 3.33. The van der Waals surface area contributed by atoms with Crippen molar-refractivity contribution >= 4 is 23.3 Å². The lowest BCUT2D eigenvalue weighted by atomic mass is 10.1. The molecule has 0 aliphatic heterocycles. The van der Waals surface area contributed by atoms with Crippen LogP contribution in [0.2, 0.25) is 0 Å². The summed E-state index contributed by atoms with van der Waals surface area (Å²) < 4.78 is 1.64. The number of nitrogens with one attached hydrogen (secondary N) is 2. The molecule has 2 amide bonds. The molecule has 0 atom stereocenters. The van der Waals surface area contributed by atoms with E-state index in [1.165, 1.54) is 6.92 Å². The summed E-state index contributed by atoms with van der Waals surface area (Å²) in [7, 11) is 1.79. The number of benzene rings is 1. The lowest BCUT2D eigenvalue weighted by Gasteiger charge is -2.11. The van der Waals surface area contributed by atoms with Crippen molar-refractivity contribution in [3.8, 4) is 0 Å². The fourth-order valence-electron chi connectivity index (χ4n) is 2.21. The van der Waals surface area contributed by atoms with Gasteiger partial charge in [-0.25, -0.2) is 0 Å². The van der Waals surface area contributed by atoms with Gasteiger partial charge in [-0.3, -0.25) is 14.3 Å². The first-order valence-corrected chi connectivity index (χ1v) is 7.13. The summed E-state index contributed by atoms with van der Waals surface area (Å²) in [6, 6.07) is 7.10. The van der Waals surface area contributed by atoms with E-state index < -0.39 is 0 Å². The predicted octanol–water partition coefficient (Wildman–Crippen LogP) is 2.50. The first-order valence-electron chi connectivity index (χ1n) is 7.13. The van der Waals surface area contributed by atoms with E-state index in [-0.39, 0.29) is 11.8 Å². The average Bonchev–Trinajstić information content (AvgIpc) is 2.81. The standard InChI is InChI=1S/C16H20N4O2/c1-5-12-9-15(20(4)19-12)18-16(22)13-7-6-8-14(10(13)2)17-11(3)21/h6-9H,5H2,1-4H3,(H,17,21)(H,18,22). The van der Waals surface area contributed by atoms with E-state index in [0.717, 1.165) is 17.7 Å². The molecule has 1 heterocycles. The van der Waals surface area contributed by atoms with Crippen LogP contribution in [0.3, 0.4) is 0 Å². The van der Waals surface area contributed by atoms with Gasteiger partial charge in [0.1, 0.15) is 5.82 Å². The molecule has 2 aromatic rings. The van der Waals surface area contributed by atoms with Crippen molar-refractivity contribution in [2.45, 2.75) is 27.2 Å². The molecule has 0 fully saturated rings. The van der Waals surface area contributed by atoms with Gasteiger partial charge in [0.05, 0.1) is 5.69 Å². The number of aryl methyl sites for hydroxylation is 2. The first-order chi connectivity index (χ1) is 10.4. The molecular formula is C16H20N4O2. The zero-order valence-corrected chi connectivity index (χ0v) is 13.2. The van der Waals surface area contributed by atoms with Gasteiger partial charge in [-0.1, -0.05) is 13.0 Å². The Morgan fingerprint density at radius 2 is 2.00 bits per heavy atom. The van der Waals surface area contributed by atoms with Gasteiger partial charge in [0.2, 0.25) is 5.91 Å². The van der Waals surface area contributed by atoms with Crippen LogP contribution in [0.25, 0.3) is 0 Å². The number of hydrogen-bond donors (Lipinski definition) is 2. The number of rotatable bonds is 4. The molecule has 1 aromatic heterocycles. The van der Waals surface area contributed by atoms with Crippen LogP contribution in [0.1, 0.15) is 35.5 Å². The molecule has 0 saturated heterocycles. The molecule has 0 aliphatic rings. The quantitative estimate of drug-likeness (QED) is 0.911. The highest BCUT2D eigenvalue weighted by atomic mass is 16.2.